The molecule has 0 radical (unpaired) electrons. The molecule has 0 heterocycles. The van der Waals surface area contributed by atoms with E-state index in [-0.39, 0.29) is 18.3 Å². The minimum Gasteiger partial charge on any atom is -0.270 e. The smallest absolute Gasteiger partial charge is 0.270 e. The predicted octanol–water partition coefficient (Wildman–Crippen LogP) is 3.50. The van der Waals surface area contributed by atoms with Gasteiger partial charge in [0.15, 0.2) is 0 Å². The monoisotopic (exact) mass is 296 g/mol. The fourth-order valence-corrected chi connectivity index (χ4v) is 2.89. The Morgan fingerprint density at radius 1 is 1.18 bits per heavy atom. The van der Waals surface area contributed by atoms with Gasteiger partial charge in [-0.1, -0.05) is 37.0 Å². The number of hydrogen-bond acceptors (Lipinski definition) is 3. The van der Waals surface area contributed by atoms with Crippen LogP contribution in [0.2, 0.25) is 10.0 Å². The second-order valence-electron chi connectivity index (χ2n) is 4.16. The molecule has 0 spiro atoms. The molecule has 0 aliphatic rings. The Kier molecular flexibility index (Phi) is 5.25. The molecule has 0 saturated heterocycles. The second kappa shape index (κ2) is 6.05. The number of benzene rings is 1. The van der Waals surface area contributed by atoms with Crippen molar-refractivity contribution in [2.45, 2.75) is 19.6 Å². The number of hydrogen-bond donors (Lipinski definition) is 0. The van der Waals surface area contributed by atoms with Gasteiger partial charge in [0, 0.05) is 10.0 Å². The summed E-state index contributed by atoms with van der Waals surface area (Å²) in [7, 11) is -3.58. The van der Waals surface area contributed by atoms with Gasteiger partial charge in [-0.25, -0.2) is 0 Å². The largest absolute Gasteiger partial charge is 0.271 e. The van der Waals surface area contributed by atoms with Crippen LogP contribution in [0.3, 0.4) is 0 Å². The van der Waals surface area contributed by atoms with Crippen molar-refractivity contribution in [3.8, 4) is 0 Å². The van der Waals surface area contributed by atoms with Crippen molar-refractivity contribution in [1.82, 2.24) is 0 Å². The van der Waals surface area contributed by atoms with E-state index in [1.807, 2.05) is 13.8 Å². The van der Waals surface area contributed by atoms with E-state index in [4.69, 9.17) is 27.4 Å². The lowest BCUT2D eigenvalue weighted by atomic mass is 10.2. The highest BCUT2D eigenvalue weighted by molar-refractivity contribution is 7.85. The Hall–Kier alpha value is -0.290. The summed E-state index contributed by atoms with van der Waals surface area (Å²) >= 11 is 11.6. The predicted molar refractivity (Wildman–Crippen MR) is 69.9 cm³/mol. The molecule has 1 rings (SSSR count). The van der Waals surface area contributed by atoms with Crippen LogP contribution in [0, 0.1) is 5.92 Å². The van der Waals surface area contributed by atoms with Gasteiger partial charge >= 0.3 is 0 Å². The Bertz CT molecular complexity index is 463. The van der Waals surface area contributed by atoms with Gasteiger partial charge in [0.05, 0.1) is 6.61 Å². The molecule has 0 N–H and O–H groups in total. The maximum atomic E-state index is 11.6. The summed E-state index contributed by atoms with van der Waals surface area (Å²) in [5, 5.41) is 0.818. The fraction of sp³-hybridized carbons (Fsp3) is 0.455. The highest BCUT2D eigenvalue weighted by Gasteiger charge is 2.14. The summed E-state index contributed by atoms with van der Waals surface area (Å²) < 4.78 is 28.1. The molecule has 0 aliphatic heterocycles. The Morgan fingerprint density at radius 2 is 1.71 bits per heavy atom. The first-order chi connectivity index (χ1) is 7.78. The molecule has 3 nitrogen and oxygen atoms in total. The van der Waals surface area contributed by atoms with Gasteiger partial charge in [0.1, 0.15) is 5.75 Å². The molecule has 0 amide bonds. The molecule has 0 fully saturated rings. The van der Waals surface area contributed by atoms with Gasteiger partial charge in [-0.05, 0) is 29.7 Å². The van der Waals surface area contributed by atoms with E-state index in [1.165, 1.54) is 0 Å². The summed E-state index contributed by atoms with van der Waals surface area (Å²) in [5.41, 5.74) is 0.520. The van der Waals surface area contributed by atoms with E-state index in [2.05, 4.69) is 0 Å². The van der Waals surface area contributed by atoms with Crippen LogP contribution in [0.5, 0.6) is 0 Å². The van der Waals surface area contributed by atoms with Gasteiger partial charge in [-0.15, -0.1) is 0 Å². The van der Waals surface area contributed by atoms with E-state index < -0.39 is 10.1 Å². The molecular formula is C11H14Cl2O3S. The quantitative estimate of drug-likeness (QED) is 0.781. The minimum atomic E-state index is -3.58. The van der Waals surface area contributed by atoms with Crippen molar-refractivity contribution >= 4 is 33.3 Å². The Morgan fingerprint density at radius 3 is 2.18 bits per heavy atom. The summed E-state index contributed by atoms with van der Waals surface area (Å²) in [6.07, 6.45) is 0. The second-order valence-corrected chi connectivity index (χ2v) is 6.67. The van der Waals surface area contributed by atoms with Crippen LogP contribution in [-0.4, -0.2) is 15.0 Å². The molecule has 0 aromatic heterocycles. The lowest BCUT2D eigenvalue weighted by Crippen LogP contribution is -2.12. The Balaban J connectivity index is 2.76. The summed E-state index contributed by atoms with van der Waals surface area (Å²) in [6, 6.07) is 4.67. The first kappa shape index (κ1) is 14.8. The molecule has 0 saturated carbocycles. The van der Waals surface area contributed by atoms with E-state index in [0.717, 1.165) is 0 Å². The average molecular weight is 297 g/mol. The standard InChI is InChI=1S/C11H14Cl2O3S/c1-8(2)6-16-17(14,15)7-9-3-10(12)5-11(13)4-9/h3-5,8H,6-7H2,1-2H3. The van der Waals surface area contributed by atoms with E-state index in [1.54, 1.807) is 18.2 Å². The maximum absolute atomic E-state index is 11.6. The van der Waals surface area contributed by atoms with Crippen molar-refractivity contribution in [2.24, 2.45) is 5.92 Å². The molecule has 96 valence electrons. The van der Waals surface area contributed by atoms with Gasteiger partial charge in [0.2, 0.25) is 0 Å². The zero-order valence-electron chi connectivity index (χ0n) is 9.61. The third kappa shape index (κ3) is 5.73. The molecular weight excluding hydrogens is 283 g/mol. The lowest BCUT2D eigenvalue weighted by Gasteiger charge is -2.08. The SMILES string of the molecule is CC(C)COS(=O)(=O)Cc1cc(Cl)cc(Cl)c1. The van der Waals surface area contributed by atoms with Crippen LogP contribution < -0.4 is 0 Å². The van der Waals surface area contributed by atoms with Crippen LogP contribution in [0.4, 0.5) is 0 Å². The molecule has 0 aliphatic carbocycles. The zero-order chi connectivity index (χ0) is 13.1. The van der Waals surface area contributed by atoms with Gasteiger partial charge < -0.3 is 0 Å². The molecule has 17 heavy (non-hydrogen) atoms. The lowest BCUT2D eigenvalue weighted by molar-refractivity contribution is 0.274. The third-order valence-corrected chi connectivity index (χ3v) is 3.47. The molecule has 1 aromatic rings. The summed E-state index contributed by atoms with van der Waals surface area (Å²) in [6.45, 7) is 3.94. The summed E-state index contributed by atoms with van der Waals surface area (Å²) in [5.74, 6) is -0.0623. The van der Waals surface area contributed by atoms with E-state index in [0.29, 0.717) is 15.6 Å². The van der Waals surface area contributed by atoms with Crippen molar-refractivity contribution in [2.75, 3.05) is 6.61 Å². The highest BCUT2D eigenvalue weighted by Crippen LogP contribution is 2.21. The molecule has 1 aromatic carbocycles. The Labute approximate surface area is 112 Å². The topological polar surface area (TPSA) is 43.4 Å². The molecule has 0 unspecified atom stereocenters. The average Bonchev–Trinajstić information content (AvgIpc) is 2.12. The van der Waals surface area contributed by atoms with Crippen LogP contribution in [0.1, 0.15) is 19.4 Å². The summed E-state index contributed by atoms with van der Waals surface area (Å²) in [4.78, 5) is 0. The van der Waals surface area contributed by atoms with Crippen LogP contribution in [0.15, 0.2) is 18.2 Å². The van der Waals surface area contributed by atoms with E-state index in [9.17, 15) is 8.42 Å². The van der Waals surface area contributed by atoms with Crippen molar-refractivity contribution in [3.05, 3.63) is 33.8 Å². The molecule has 6 heteroatoms. The maximum Gasteiger partial charge on any atom is 0.271 e. The molecule has 0 atom stereocenters. The van der Waals surface area contributed by atoms with Gasteiger partial charge in [-0.3, -0.25) is 4.18 Å². The van der Waals surface area contributed by atoms with Crippen LogP contribution in [0.25, 0.3) is 0 Å². The number of rotatable bonds is 5. The van der Waals surface area contributed by atoms with E-state index >= 15 is 0 Å². The van der Waals surface area contributed by atoms with Crippen molar-refractivity contribution in [3.63, 3.8) is 0 Å². The third-order valence-electron chi connectivity index (χ3n) is 1.85. The molecule has 0 bridgehead atoms. The first-order valence-corrected chi connectivity index (χ1v) is 7.44. The van der Waals surface area contributed by atoms with Crippen molar-refractivity contribution < 1.29 is 12.6 Å². The zero-order valence-corrected chi connectivity index (χ0v) is 11.9. The number of halogens is 2. The minimum absolute atomic E-state index is 0.160. The normalized spacial score (nSPS) is 12.1. The fourth-order valence-electron chi connectivity index (χ4n) is 1.18. The van der Waals surface area contributed by atoms with Gasteiger partial charge in [0.25, 0.3) is 10.1 Å². The first-order valence-electron chi connectivity index (χ1n) is 5.10. The van der Waals surface area contributed by atoms with Crippen molar-refractivity contribution in [1.29, 1.82) is 0 Å². The van der Waals surface area contributed by atoms with Crippen LogP contribution >= 0.6 is 23.2 Å². The highest BCUT2D eigenvalue weighted by atomic mass is 35.5. The van der Waals surface area contributed by atoms with Gasteiger partial charge in [-0.2, -0.15) is 8.42 Å². The van der Waals surface area contributed by atoms with Crippen LogP contribution in [-0.2, 0) is 20.1 Å².